The number of hydrogen-bond donors (Lipinski definition) is 3. The molecule has 1 aliphatic heterocycles. The van der Waals surface area contributed by atoms with Crippen LogP contribution in [0.15, 0.2) is 0 Å². The number of fused-ring (bicyclic) bond motifs is 5. The van der Waals surface area contributed by atoms with Crippen molar-refractivity contribution in [2.75, 3.05) is 19.7 Å². The van der Waals surface area contributed by atoms with Gasteiger partial charge in [0.15, 0.2) is 0 Å². The molecule has 3 N–H and O–H groups in total. The predicted molar refractivity (Wildman–Crippen MR) is 117 cm³/mol. The van der Waals surface area contributed by atoms with Crippen LogP contribution in [0.4, 0.5) is 0 Å². The van der Waals surface area contributed by atoms with E-state index in [1.165, 1.54) is 19.3 Å². The minimum atomic E-state index is -0.449. The number of Topliss-reactive ketones (excluding diaryl/α,β-unsaturated/α-hetero) is 1. The summed E-state index contributed by atoms with van der Waals surface area (Å²) in [6.45, 7) is 7.01. The topological polar surface area (TPSA) is 69.6 Å². The summed E-state index contributed by atoms with van der Waals surface area (Å²) in [6.07, 6.45) is 8.17. The van der Waals surface area contributed by atoms with Gasteiger partial charge in [0, 0.05) is 41.4 Å². The highest BCUT2D eigenvalue weighted by Gasteiger charge is 2.64. The number of carbonyl (C=O) groups is 1. The first-order valence-corrected chi connectivity index (χ1v) is 13.0. The summed E-state index contributed by atoms with van der Waals surface area (Å²) in [5.41, 5.74) is -0.0247. The molecule has 29 heavy (non-hydrogen) atoms. The van der Waals surface area contributed by atoms with Crippen molar-refractivity contribution < 1.29 is 15.0 Å². The zero-order valence-corrected chi connectivity index (χ0v) is 18.9. The zero-order valence-electron chi connectivity index (χ0n) is 18.1. The number of rotatable bonds is 3. The first-order chi connectivity index (χ1) is 13.9. The molecular weight excluding hydrogens is 382 g/mol. The lowest BCUT2D eigenvalue weighted by Crippen LogP contribution is -2.62. The van der Waals surface area contributed by atoms with Crippen LogP contribution >= 0.6 is 11.8 Å². The Balaban J connectivity index is 1.41. The van der Waals surface area contributed by atoms with Gasteiger partial charge in [-0.05, 0) is 80.6 Å². The van der Waals surface area contributed by atoms with E-state index in [1.807, 2.05) is 0 Å². The van der Waals surface area contributed by atoms with Crippen LogP contribution in [0, 0.1) is 40.4 Å². The fourth-order valence-corrected chi connectivity index (χ4v) is 10.1. The number of carbonyl (C=O) groups excluding carboxylic acids is 1. The van der Waals surface area contributed by atoms with Gasteiger partial charge in [-0.2, -0.15) is 11.8 Å². The van der Waals surface area contributed by atoms with Crippen molar-refractivity contribution in [2.45, 2.75) is 81.8 Å². The minimum Gasteiger partial charge on any atom is -0.396 e. The molecular formula is C24H39NO3S. The maximum absolute atomic E-state index is 12.7. The Hall–Kier alpha value is -0.100. The van der Waals surface area contributed by atoms with Crippen molar-refractivity contribution >= 4 is 17.5 Å². The molecule has 0 spiro atoms. The molecule has 1 heterocycles. The van der Waals surface area contributed by atoms with Crippen molar-refractivity contribution in [1.82, 2.24) is 5.32 Å². The normalized spacial score (nSPS) is 54.7. The van der Waals surface area contributed by atoms with Gasteiger partial charge in [0.2, 0.25) is 0 Å². The summed E-state index contributed by atoms with van der Waals surface area (Å²) in [5, 5.41) is 26.8. The van der Waals surface area contributed by atoms with Crippen molar-refractivity contribution in [3.05, 3.63) is 0 Å². The average molecular weight is 422 g/mol. The third-order valence-electron chi connectivity index (χ3n) is 10.2. The molecule has 5 fully saturated rings. The Labute approximate surface area is 180 Å². The fourth-order valence-electron chi connectivity index (χ4n) is 8.56. The van der Waals surface area contributed by atoms with Crippen molar-refractivity contribution in [1.29, 1.82) is 0 Å². The van der Waals surface area contributed by atoms with E-state index in [2.05, 4.69) is 30.9 Å². The van der Waals surface area contributed by atoms with E-state index in [0.29, 0.717) is 35.2 Å². The van der Waals surface area contributed by atoms with Gasteiger partial charge in [-0.25, -0.2) is 0 Å². The number of nitrogens with one attached hydrogen (secondary N) is 1. The summed E-state index contributed by atoms with van der Waals surface area (Å²) in [7, 11) is 0. The Kier molecular flexibility index (Phi) is 5.37. The van der Waals surface area contributed by atoms with Gasteiger partial charge in [-0.1, -0.05) is 13.8 Å². The highest BCUT2D eigenvalue weighted by Crippen LogP contribution is 2.67. The Morgan fingerprint density at radius 1 is 1.07 bits per heavy atom. The van der Waals surface area contributed by atoms with Crippen LogP contribution in [-0.4, -0.2) is 52.3 Å². The molecule has 0 aromatic rings. The number of aliphatic hydroxyl groups is 2. The van der Waals surface area contributed by atoms with Crippen molar-refractivity contribution in [2.24, 2.45) is 40.4 Å². The third kappa shape index (κ3) is 3.08. The average Bonchev–Trinajstić information content (AvgIpc) is 3.31. The van der Waals surface area contributed by atoms with Crippen LogP contribution in [0.25, 0.3) is 0 Å². The predicted octanol–water partition coefficient (Wildman–Crippen LogP) is 3.25. The summed E-state index contributed by atoms with van der Waals surface area (Å²) < 4.78 is 0. The molecule has 10 atom stereocenters. The first kappa shape index (κ1) is 20.8. The molecule has 4 nitrogen and oxygen atoms in total. The number of thioether (sulfide) groups is 1. The Morgan fingerprint density at radius 2 is 1.90 bits per heavy atom. The van der Waals surface area contributed by atoms with E-state index in [9.17, 15) is 15.0 Å². The number of aliphatic hydroxyl groups excluding tert-OH is 2. The second-order valence-corrected chi connectivity index (χ2v) is 12.9. The molecule has 5 rings (SSSR count). The molecule has 5 aliphatic rings. The van der Waals surface area contributed by atoms with Gasteiger partial charge in [-0.15, -0.1) is 0 Å². The summed E-state index contributed by atoms with van der Waals surface area (Å²) in [5.74, 6) is 1.82. The minimum absolute atomic E-state index is 0.0237. The SMILES string of the molecule is C[C@]12CCC(S[C@@H]3CCNC3)CC1C(CO)C(O)[C@@H]1[C@H]2CC[C@]2(C)C(=O)CC[C@@H]12. The highest BCUT2D eigenvalue weighted by molar-refractivity contribution is 8.00. The molecule has 0 radical (unpaired) electrons. The fraction of sp³-hybridized carbons (Fsp3) is 0.958. The molecule has 1 saturated heterocycles. The van der Waals surface area contributed by atoms with Gasteiger partial charge in [0.25, 0.3) is 0 Å². The summed E-state index contributed by atoms with van der Waals surface area (Å²) in [4.78, 5) is 12.7. The quantitative estimate of drug-likeness (QED) is 0.653. The van der Waals surface area contributed by atoms with Gasteiger partial charge in [0.1, 0.15) is 5.78 Å². The Bertz CT molecular complexity index is 652. The number of ketones is 1. The van der Waals surface area contributed by atoms with Crippen LogP contribution in [0.1, 0.15) is 65.2 Å². The van der Waals surface area contributed by atoms with E-state index >= 15 is 0 Å². The molecule has 164 valence electrons. The van der Waals surface area contributed by atoms with Gasteiger partial charge in [0.05, 0.1) is 6.10 Å². The van der Waals surface area contributed by atoms with Crippen LogP contribution in [0.2, 0.25) is 0 Å². The smallest absolute Gasteiger partial charge is 0.139 e. The van der Waals surface area contributed by atoms with Crippen molar-refractivity contribution in [3.63, 3.8) is 0 Å². The van der Waals surface area contributed by atoms with Crippen LogP contribution in [-0.2, 0) is 4.79 Å². The lowest BCUT2D eigenvalue weighted by molar-refractivity contribution is -0.195. The van der Waals surface area contributed by atoms with E-state index in [0.717, 1.165) is 44.0 Å². The molecule has 4 unspecified atom stereocenters. The summed E-state index contributed by atoms with van der Waals surface area (Å²) >= 11 is 2.17. The van der Waals surface area contributed by atoms with Gasteiger partial charge < -0.3 is 15.5 Å². The van der Waals surface area contributed by atoms with Gasteiger partial charge in [-0.3, -0.25) is 4.79 Å². The highest BCUT2D eigenvalue weighted by atomic mass is 32.2. The molecule has 0 bridgehead atoms. The van der Waals surface area contributed by atoms with E-state index in [-0.39, 0.29) is 29.3 Å². The van der Waals surface area contributed by atoms with E-state index in [1.54, 1.807) is 0 Å². The van der Waals surface area contributed by atoms with Crippen LogP contribution < -0.4 is 5.32 Å². The van der Waals surface area contributed by atoms with Crippen LogP contribution in [0.5, 0.6) is 0 Å². The second-order valence-electron chi connectivity index (χ2n) is 11.3. The molecule has 0 aromatic heterocycles. The maximum Gasteiger partial charge on any atom is 0.139 e. The van der Waals surface area contributed by atoms with E-state index in [4.69, 9.17) is 0 Å². The molecule has 5 heteroatoms. The summed E-state index contributed by atoms with van der Waals surface area (Å²) in [6, 6.07) is 0. The van der Waals surface area contributed by atoms with Crippen LogP contribution in [0.3, 0.4) is 0 Å². The monoisotopic (exact) mass is 421 g/mol. The molecule has 4 saturated carbocycles. The standard InChI is InChI=1S/C24H39NO3S/c1-23-8-5-14(29-15-7-10-25-12-15)11-19(23)16(13-26)22(28)21-17-3-4-20(27)24(17,2)9-6-18(21)23/h14-19,21-22,25-26,28H,3-13H2,1-2H3/t14?,15-,16?,17+,18-,19?,21+,22?,23-,24+/m1/s1. The van der Waals surface area contributed by atoms with Gasteiger partial charge >= 0.3 is 0 Å². The second kappa shape index (κ2) is 7.50. The third-order valence-corrected chi connectivity index (χ3v) is 11.8. The number of hydrogen-bond acceptors (Lipinski definition) is 5. The zero-order chi connectivity index (χ0) is 20.4. The molecule has 4 aliphatic carbocycles. The first-order valence-electron chi connectivity index (χ1n) is 12.1. The lowest BCUT2D eigenvalue weighted by Gasteiger charge is -2.64. The molecule has 0 aromatic carbocycles. The van der Waals surface area contributed by atoms with E-state index < -0.39 is 6.10 Å². The molecule has 0 amide bonds. The maximum atomic E-state index is 12.7. The lowest BCUT2D eigenvalue weighted by atomic mass is 9.42. The van der Waals surface area contributed by atoms with Crippen molar-refractivity contribution in [3.8, 4) is 0 Å². The largest absolute Gasteiger partial charge is 0.396 e. The Morgan fingerprint density at radius 3 is 2.62 bits per heavy atom.